The number of rotatable bonds is 4. The number of ether oxygens (including phenoxy) is 1. The molecular formula is C17H25ClN2O2. The summed E-state index contributed by atoms with van der Waals surface area (Å²) in [7, 11) is 0. The minimum Gasteiger partial charge on any atom is -0.449 e. The molecule has 22 heavy (non-hydrogen) atoms. The standard InChI is InChI=1S/C17H25ClN2O2/c1-14(2)13-22-17(21)20-9-3-8-19(10-11-20)12-15-4-6-16(18)7-5-15/h4-7,14H,3,8-13H2,1-2H3. The summed E-state index contributed by atoms with van der Waals surface area (Å²) in [5.74, 6) is 0.373. The second-order valence-electron chi connectivity index (χ2n) is 6.21. The van der Waals surface area contributed by atoms with E-state index in [2.05, 4.69) is 17.0 Å². The Morgan fingerprint density at radius 3 is 2.59 bits per heavy atom. The number of hydrogen-bond donors (Lipinski definition) is 0. The molecule has 4 nitrogen and oxygen atoms in total. The molecular weight excluding hydrogens is 300 g/mol. The molecule has 2 rings (SSSR count). The first-order valence-corrected chi connectivity index (χ1v) is 8.31. The van der Waals surface area contributed by atoms with Gasteiger partial charge in [-0.2, -0.15) is 0 Å². The topological polar surface area (TPSA) is 32.8 Å². The van der Waals surface area contributed by atoms with E-state index in [1.165, 1.54) is 5.56 Å². The molecule has 1 heterocycles. The highest BCUT2D eigenvalue weighted by Crippen LogP contribution is 2.13. The maximum atomic E-state index is 12.0. The predicted molar refractivity (Wildman–Crippen MR) is 89.1 cm³/mol. The van der Waals surface area contributed by atoms with Crippen molar-refractivity contribution in [1.29, 1.82) is 0 Å². The SMILES string of the molecule is CC(C)COC(=O)N1CCCN(Cc2ccc(Cl)cc2)CC1. The average molecular weight is 325 g/mol. The second-order valence-corrected chi connectivity index (χ2v) is 6.65. The molecule has 5 heteroatoms. The van der Waals surface area contributed by atoms with E-state index in [0.717, 1.165) is 44.2 Å². The summed E-state index contributed by atoms with van der Waals surface area (Å²) in [6.07, 6.45) is 0.798. The van der Waals surface area contributed by atoms with Crippen LogP contribution >= 0.6 is 11.6 Å². The summed E-state index contributed by atoms with van der Waals surface area (Å²) >= 11 is 5.91. The van der Waals surface area contributed by atoms with E-state index >= 15 is 0 Å². The maximum Gasteiger partial charge on any atom is 0.409 e. The van der Waals surface area contributed by atoms with Gasteiger partial charge in [0.1, 0.15) is 0 Å². The van der Waals surface area contributed by atoms with Crippen LogP contribution in [-0.2, 0) is 11.3 Å². The summed E-state index contributed by atoms with van der Waals surface area (Å²) < 4.78 is 5.32. The Labute approximate surface area is 138 Å². The molecule has 1 amide bonds. The van der Waals surface area contributed by atoms with Crippen molar-refractivity contribution in [2.24, 2.45) is 5.92 Å². The lowest BCUT2D eigenvalue weighted by molar-refractivity contribution is 0.0930. The smallest absolute Gasteiger partial charge is 0.409 e. The van der Waals surface area contributed by atoms with Crippen LogP contribution < -0.4 is 0 Å². The van der Waals surface area contributed by atoms with Gasteiger partial charge in [0.05, 0.1) is 6.61 Å². The highest BCUT2D eigenvalue weighted by Gasteiger charge is 2.20. The van der Waals surface area contributed by atoms with E-state index in [0.29, 0.717) is 12.5 Å². The minimum absolute atomic E-state index is 0.179. The summed E-state index contributed by atoms with van der Waals surface area (Å²) in [6.45, 7) is 8.84. The van der Waals surface area contributed by atoms with Crippen LogP contribution in [0.15, 0.2) is 24.3 Å². The van der Waals surface area contributed by atoms with Gasteiger partial charge in [-0.1, -0.05) is 37.6 Å². The zero-order valence-electron chi connectivity index (χ0n) is 13.4. The van der Waals surface area contributed by atoms with E-state index < -0.39 is 0 Å². The number of halogens is 1. The van der Waals surface area contributed by atoms with E-state index in [1.54, 1.807) is 0 Å². The van der Waals surface area contributed by atoms with Crippen LogP contribution in [0.4, 0.5) is 4.79 Å². The normalized spacial score (nSPS) is 16.6. The molecule has 1 fully saturated rings. The van der Waals surface area contributed by atoms with Crippen molar-refractivity contribution >= 4 is 17.7 Å². The van der Waals surface area contributed by atoms with Crippen LogP contribution in [0.5, 0.6) is 0 Å². The van der Waals surface area contributed by atoms with Crippen molar-refractivity contribution in [3.63, 3.8) is 0 Å². The lowest BCUT2D eigenvalue weighted by Crippen LogP contribution is -2.36. The third-order valence-electron chi connectivity index (χ3n) is 3.71. The van der Waals surface area contributed by atoms with E-state index in [1.807, 2.05) is 30.9 Å². The fraction of sp³-hybridized carbons (Fsp3) is 0.588. The molecule has 0 unspecified atom stereocenters. The Kier molecular flexibility index (Phi) is 6.52. The summed E-state index contributed by atoms with van der Waals surface area (Å²) in [6, 6.07) is 7.96. The number of benzene rings is 1. The lowest BCUT2D eigenvalue weighted by atomic mass is 10.2. The first-order valence-electron chi connectivity index (χ1n) is 7.93. The highest BCUT2D eigenvalue weighted by molar-refractivity contribution is 6.30. The van der Waals surface area contributed by atoms with E-state index in [-0.39, 0.29) is 6.09 Å². The van der Waals surface area contributed by atoms with Crippen molar-refractivity contribution in [3.8, 4) is 0 Å². The molecule has 1 aromatic carbocycles. The van der Waals surface area contributed by atoms with Crippen LogP contribution in [0.1, 0.15) is 25.8 Å². The fourth-order valence-corrected chi connectivity index (χ4v) is 2.61. The van der Waals surface area contributed by atoms with E-state index in [9.17, 15) is 4.79 Å². The van der Waals surface area contributed by atoms with Gasteiger partial charge in [0.2, 0.25) is 0 Å². The molecule has 0 aromatic heterocycles. The maximum absolute atomic E-state index is 12.0. The molecule has 0 atom stereocenters. The summed E-state index contributed by atoms with van der Waals surface area (Å²) in [5.41, 5.74) is 1.25. The Morgan fingerprint density at radius 1 is 1.18 bits per heavy atom. The molecule has 1 aliphatic heterocycles. The minimum atomic E-state index is -0.179. The Balaban J connectivity index is 1.81. The van der Waals surface area contributed by atoms with Gasteiger partial charge in [0.15, 0.2) is 0 Å². The molecule has 0 spiro atoms. The van der Waals surface area contributed by atoms with Crippen LogP contribution in [0, 0.1) is 5.92 Å². The molecule has 0 aliphatic carbocycles. The Bertz CT molecular complexity index is 476. The van der Waals surface area contributed by atoms with Crippen molar-refractivity contribution in [2.45, 2.75) is 26.8 Å². The average Bonchev–Trinajstić information content (AvgIpc) is 2.73. The van der Waals surface area contributed by atoms with Crippen LogP contribution in [0.2, 0.25) is 5.02 Å². The zero-order valence-corrected chi connectivity index (χ0v) is 14.2. The molecule has 1 aromatic rings. The Morgan fingerprint density at radius 2 is 1.91 bits per heavy atom. The zero-order chi connectivity index (χ0) is 15.9. The molecule has 122 valence electrons. The first-order chi connectivity index (χ1) is 10.5. The van der Waals surface area contributed by atoms with Crippen molar-refractivity contribution in [1.82, 2.24) is 9.80 Å². The first kappa shape index (κ1) is 17.1. The summed E-state index contributed by atoms with van der Waals surface area (Å²) in [5, 5.41) is 0.763. The van der Waals surface area contributed by atoms with Crippen molar-refractivity contribution < 1.29 is 9.53 Å². The Hall–Kier alpha value is -1.26. The van der Waals surface area contributed by atoms with Gasteiger partial charge in [-0.15, -0.1) is 0 Å². The van der Waals surface area contributed by atoms with Crippen molar-refractivity contribution in [2.75, 3.05) is 32.8 Å². The molecule has 0 radical (unpaired) electrons. The summed E-state index contributed by atoms with van der Waals surface area (Å²) in [4.78, 5) is 16.2. The lowest BCUT2D eigenvalue weighted by Gasteiger charge is -2.22. The monoisotopic (exact) mass is 324 g/mol. The molecule has 0 saturated carbocycles. The van der Waals surface area contributed by atoms with Gasteiger partial charge < -0.3 is 9.64 Å². The fourth-order valence-electron chi connectivity index (χ4n) is 2.49. The van der Waals surface area contributed by atoms with Crippen LogP contribution in [0.25, 0.3) is 0 Å². The number of amides is 1. The van der Waals surface area contributed by atoms with Gasteiger partial charge in [-0.05, 0) is 30.0 Å². The molecule has 1 saturated heterocycles. The number of carbonyl (C=O) groups excluding carboxylic acids is 1. The molecule has 1 aliphatic rings. The largest absolute Gasteiger partial charge is 0.449 e. The van der Waals surface area contributed by atoms with Crippen LogP contribution in [0.3, 0.4) is 0 Å². The number of hydrogen-bond acceptors (Lipinski definition) is 3. The molecule has 0 bridgehead atoms. The van der Waals surface area contributed by atoms with Gasteiger partial charge in [0.25, 0.3) is 0 Å². The van der Waals surface area contributed by atoms with Crippen LogP contribution in [-0.4, -0.2) is 48.7 Å². The van der Waals surface area contributed by atoms with Gasteiger partial charge in [-0.25, -0.2) is 4.79 Å². The molecule has 0 N–H and O–H groups in total. The quantitative estimate of drug-likeness (QED) is 0.847. The third kappa shape index (κ3) is 5.50. The number of nitrogens with zero attached hydrogens (tertiary/aromatic N) is 2. The third-order valence-corrected chi connectivity index (χ3v) is 3.96. The van der Waals surface area contributed by atoms with Gasteiger partial charge >= 0.3 is 6.09 Å². The van der Waals surface area contributed by atoms with Gasteiger partial charge in [-0.3, -0.25) is 4.90 Å². The number of carbonyl (C=O) groups is 1. The highest BCUT2D eigenvalue weighted by atomic mass is 35.5. The van der Waals surface area contributed by atoms with Crippen molar-refractivity contribution in [3.05, 3.63) is 34.9 Å². The van der Waals surface area contributed by atoms with E-state index in [4.69, 9.17) is 16.3 Å². The second kappa shape index (κ2) is 8.39. The predicted octanol–water partition coefficient (Wildman–Crippen LogP) is 3.64. The van der Waals surface area contributed by atoms with Gasteiger partial charge in [0, 0.05) is 37.7 Å².